The van der Waals surface area contributed by atoms with Crippen molar-refractivity contribution in [1.82, 2.24) is 18.9 Å². The van der Waals surface area contributed by atoms with Crippen LogP contribution in [0.5, 0.6) is 0 Å². The van der Waals surface area contributed by atoms with Gasteiger partial charge in [0.1, 0.15) is 28.2 Å². The van der Waals surface area contributed by atoms with Crippen molar-refractivity contribution < 1.29 is 73.5 Å². The number of allylic oxidation sites excluding steroid dienone is 3. The number of aryl methyl sites for hydroxylation is 2. The number of rotatable bonds is 20. The summed E-state index contributed by atoms with van der Waals surface area (Å²) in [6.07, 6.45) is 12.9. The number of nitrogens with zero attached hydrogens (tertiary/aromatic N) is 5. The van der Waals surface area contributed by atoms with Crippen LogP contribution in [0.15, 0.2) is 258 Å². The number of carbonyl (C=O) groups excluding carboxylic acids is 3. The molecule has 0 bridgehead atoms. The SMILES string of the molecule is Cc1ccc(S(=O)(=O)n2c(C)cc3nc(N(C(=Cc4ccccc4)C(=O)C=Cc4ccccc4)N(C(=Cc4ccccc4)C(=O)C=Cc4ccccc4)C(=Cc4ccccc4)C(=O)C(=Cc4ccccc4)C(=O)O)cnc32)cc1.[Pd].[Pd]. The molecule has 1 N–H and O–H groups in total. The quantitative estimate of drug-likeness (QED) is 0.0254. The Kier molecular flexibility index (Phi) is 20.4. The molecule has 9 rings (SSSR count). The molecule has 0 fully saturated rings. The summed E-state index contributed by atoms with van der Waals surface area (Å²) in [6.45, 7) is 3.45. The zero-order valence-electron chi connectivity index (χ0n) is 43.6. The monoisotopic (exact) mass is 1270 g/mol. The van der Waals surface area contributed by atoms with Crippen molar-refractivity contribution in [2.24, 2.45) is 0 Å². The molecule has 2 heterocycles. The molecule has 0 aliphatic carbocycles. The van der Waals surface area contributed by atoms with Crippen LogP contribution in [0.3, 0.4) is 0 Å². The molecular weight excluding hydrogens is 1220 g/mol. The molecule has 0 aliphatic heterocycles. The summed E-state index contributed by atoms with van der Waals surface area (Å²) in [5.74, 6) is -4.20. The van der Waals surface area contributed by atoms with Gasteiger partial charge in [-0.3, -0.25) is 14.4 Å². The molecule has 0 radical (unpaired) electrons. The Labute approximate surface area is 497 Å². The van der Waals surface area contributed by atoms with Crippen LogP contribution in [0, 0.1) is 13.8 Å². The summed E-state index contributed by atoms with van der Waals surface area (Å²) < 4.78 is 30.1. The fourth-order valence-electron chi connectivity index (χ4n) is 8.50. The van der Waals surface area contributed by atoms with Gasteiger partial charge in [0.25, 0.3) is 10.0 Å². The molecule has 0 unspecified atom stereocenters. The molecule has 0 spiro atoms. The Morgan fingerprint density at radius 2 is 0.901 bits per heavy atom. The summed E-state index contributed by atoms with van der Waals surface area (Å²) in [5.41, 5.74) is 2.65. The first-order chi connectivity index (χ1) is 38.3. The van der Waals surface area contributed by atoms with Gasteiger partial charge in [0, 0.05) is 46.5 Å². The summed E-state index contributed by atoms with van der Waals surface area (Å²) >= 11 is 0. The third-order valence-corrected chi connectivity index (χ3v) is 14.2. The van der Waals surface area contributed by atoms with E-state index in [2.05, 4.69) is 0 Å². The van der Waals surface area contributed by atoms with E-state index in [1.54, 1.807) is 159 Å². The van der Waals surface area contributed by atoms with Gasteiger partial charge in [0.2, 0.25) is 17.3 Å². The second-order valence-corrected chi connectivity index (χ2v) is 19.9. The van der Waals surface area contributed by atoms with E-state index in [9.17, 15) is 18.3 Å². The van der Waals surface area contributed by atoms with E-state index in [0.717, 1.165) is 9.54 Å². The summed E-state index contributed by atoms with van der Waals surface area (Å²) in [4.78, 5) is 71.1. The number of aliphatic carboxylic acids is 1. The first kappa shape index (κ1) is 59.6. The van der Waals surface area contributed by atoms with Gasteiger partial charge >= 0.3 is 5.97 Å². The van der Waals surface area contributed by atoms with E-state index in [-0.39, 0.29) is 79.8 Å². The number of anilines is 1. The first-order valence-electron chi connectivity index (χ1n) is 25.0. The number of hydrogen-bond acceptors (Lipinski definition) is 10. The van der Waals surface area contributed by atoms with Crippen molar-refractivity contribution >= 4 is 86.8 Å². The number of carboxylic acid groups (broad SMARTS) is 1. The van der Waals surface area contributed by atoms with Gasteiger partial charge in [-0.15, -0.1) is 0 Å². The third kappa shape index (κ3) is 14.6. The Morgan fingerprint density at radius 3 is 1.35 bits per heavy atom. The zero-order valence-corrected chi connectivity index (χ0v) is 47.5. The molecule has 0 amide bonds. The average Bonchev–Trinajstić information content (AvgIpc) is 3.83. The van der Waals surface area contributed by atoms with Gasteiger partial charge < -0.3 is 5.11 Å². The van der Waals surface area contributed by atoms with E-state index in [1.807, 2.05) is 67.6 Å². The molecule has 0 atom stereocenters. The predicted octanol–water partition coefficient (Wildman–Crippen LogP) is 12.7. The standard InChI is InChI=1S/C66H51N5O7S.2Pd/c1-47-33-37-55(38-34-47)79(77,78)71-48(2)41-57-65(71)67-46-63(68-57)70(59(44-53-29-17-7-18-30-53)62(73)40-36-50-23-11-4-12-24-50)69(58(43-52-27-15-6-16-28-52)61(72)39-35-49-21-9-3-10-22-49)60(45-54-31-19-8-20-32-54)64(74)56(66(75)76)42-51-25-13-5-14-26-51;;/h3-46H,1-2H3,(H,75,76);;. The molecule has 0 saturated carbocycles. The topological polar surface area (TPSA) is 160 Å². The summed E-state index contributed by atoms with van der Waals surface area (Å²) in [5, 5.41) is 13.6. The fraction of sp³-hybridized carbons (Fsp3) is 0.0303. The van der Waals surface area contributed by atoms with Crippen LogP contribution in [0.2, 0.25) is 0 Å². The third-order valence-electron chi connectivity index (χ3n) is 12.4. The summed E-state index contributed by atoms with van der Waals surface area (Å²) in [7, 11) is -4.28. The van der Waals surface area contributed by atoms with Gasteiger partial charge in [-0.25, -0.2) is 37.2 Å². The summed E-state index contributed by atoms with van der Waals surface area (Å²) in [6, 6.07) is 60.9. The molecule has 9 aromatic rings. The Bertz CT molecular complexity index is 4000. The Morgan fingerprint density at radius 1 is 0.506 bits per heavy atom. The fourth-order valence-corrected chi connectivity index (χ4v) is 9.99. The van der Waals surface area contributed by atoms with Crippen molar-refractivity contribution in [3.05, 3.63) is 298 Å². The minimum Gasteiger partial charge on any atom is -0.478 e. The van der Waals surface area contributed by atoms with Crippen molar-refractivity contribution in [1.29, 1.82) is 0 Å². The van der Waals surface area contributed by atoms with Crippen LogP contribution in [-0.2, 0) is 70.0 Å². The van der Waals surface area contributed by atoms with E-state index in [1.165, 1.54) is 64.8 Å². The van der Waals surface area contributed by atoms with Crippen molar-refractivity contribution in [3.63, 3.8) is 0 Å². The molecular formula is C66H51N5O7Pd2S. The number of ketones is 3. The van der Waals surface area contributed by atoms with Crippen LogP contribution >= 0.6 is 0 Å². The molecule has 408 valence electrons. The normalized spacial score (nSPS) is 12.2. The van der Waals surface area contributed by atoms with E-state index in [4.69, 9.17) is 9.97 Å². The molecule has 2 aromatic heterocycles. The van der Waals surface area contributed by atoms with E-state index in [0.29, 0.717) is 33.4 Å². The van der Waals surface area contributed by atoms with Gasteiger partial charge in [-0.2, -0.15) is 0 Å². The average molecular weight is 1270 g/mol. The number of carboxylic acids is 1. The molecule has 81 heavy (non-hydrogen) atoms. The van der Waals surface area contributed by atoms with Crippen LogP contribution in [0.4, 0.5) is 5.82 Å². The largest absolute Gasteiger partial charge is 0.478 e. The van der Waals surface area contributed by atoms with Gasteiger partial charge in [-0.1, -0.05) is 212 Å². The van der Waals surface area contributed by atoms with Crippen LogP contribution in [0.25, 0.3) is 47.6 Å². The number of carbonyl (C=O) groups is 4. The number of benzene rings is 7. The van der Waals surface area contributed by atoms with Crippen LogP contribution in [-0.4, -0.2) is 55.8 Å². The van der Waals surface area contributed by atoms with Crippen LogP contribution in [0.1, 0.15) is 44.6 Å². The second-order valence-electron chi connectivity index (χ2n) is 18.1. The van der Waals surface area contributed by atoms with Gasteiger partial charge in [0.05, 0.1) is 11.1 Å². The van der Waals surface area contributed by atoms with Crippen molar-refractivity contribution in [2.45, 2.75) is 18.7 Å². The van der Waals surface area contributed by atoms with E-state index < -0.39 is 44.6 Å². The number of hydrazine groups is 1. The van der Waals surface area contributed by atoms with Crippen molar-refractivity contribution in [2.75, 3.05) is 5.01 Å². The zero-order chi connectivity index (χ0) is 55.3. The second kappa shape index (κ2) is 27.7. The smallest absolute Gasteiger partial charge is 0.339 e. The maximum absolute atomic E-state index is 16.1. The first-order valence-corrected chi connectivity index (χ1v) is 26.5. The number of hydrogen-bond donors (Lipinski definition) is 1. The molecule has 12 nitrogen and oxygen atoms in total. The molecule has 15 heteroatoms. The maximum Gasteiger partial charge on any atom is 0.339 e. The predicted molar refractivity (Wildman–Crippen MR) is 312 cm³/mol. The minimum absolute atomic E-state index is 0. The maximum atomic E-state index is 16.1. The minimum atomic E-state index is -4.28. The number of fused-ring (bicyclic) bond motifs is 1. The van der Waals surface area contributed by atoms with Gasteiger partial charge in [-0.05, 0) is 102 Å². The number of aromatic nitrogens is 3. The molecule has 7 aromatic carbocycles. The molecule has 0 aliphatic rings. The van der Waals surface area contributed by atoms with Crippen molar-refractivity contribution in [3.8, 4) is 0 Å². The van der Waals surface area contributed by atoms with Gasteiger partial charge in [0.15, 0.2) is 11.5 Å². The van der Waals surface area contributed by atoms with E-state index >= 15 is 14.4 Å². The Balaban J connectivity index is 0.00000473. The Hall–Kier alpha value is -9.05. The number of Topliss-reactive ketones (excluding diaryl/α,β-unsaturated/α-hetero) is 1. The van der Waals surface area contributed by atoms with Crippen LogP contribution < -0.4 is 5.01 Å². The molecule has 0 saturated heterocycles.